The third-order valence-electron chi connectivity index (χ3n) is 6.04. The maximum absolute atomic E-state index is 10.6. The molecule has 4 aromatic heterocycles. The van der Waals surface area contributed by atoms with E-state index in [0.717, 1.165) is 21.8 Å². The van der Waals surface area contributed by atoms with Gasteiger partial charge in [0, 0.05) is 29.1 Å². The Balaban J connectivity index is 1.40. The molecule has 0 aliphatic carbocycles. The molecule has 7 aromatic rings. The molecule has 0 radical (unpaired) electrons. The summed E-state index contributed by atoms with van der Waals surface area (Å²) in [4.78, 5) is 9.05. The van der Waals surface area contributed by atoms with Crippen LogP contribution in [-0.2, 0) is 0 Å². The lowest BCUT2D eigenvalue weighted by molar-refractivity contribution is 0.465. The molecule has 7 rings (SSSR count). The van der Waals surface area contributed by atoms with E-state index in [4.69, 9.17) is 9.15 Å². The number of hydrogen-bond donors (Lipinski definition) is 1. The molecular weight excluding hydrogens is 426 g/mol. The van der Waals surface area contributed by atoms with Crippen LogP contribution in [-0.4, -0.2) is 19.6 Å². The average molecular weight is 443 g/mol. The summed E-state index contributed by atoms with van der Waals surface area (Å²) in [6.45, 7) is 0. The molecule has 34 heavy (non-hydrogen) atoms. The summed E-state index contributed by atoms with van der Waals surface area (Å²) in [6.07, 6.45) is 1.72. The van der Waals surface area contributed by atoms with Crippen molar-refractivity contribution in [1.29, 1.82) is 0 Å². The van der Waals surface area contributed by atoms with E-state index >= 15 is 0 Å². The largest absolute Gasteiger partial charge is 0.506 e. The predicted molar refractivity (Wildman–Crippen MR) is 132 cm³/mol. The Morgan fingerprint density at radius 1 is 0.735 bits per heavy atom. The van der Waals surface area contributed by atoms with Crippen LogP contribution in [0.4, 0.5) is 0 Å². The van der Waals surface area contributed by atoms with Gasteiger partial charge in [-0.3, -0.25) is 4.98 Å². The highest BCUT2D eigenvalue weighted by atomic mass is 16.5. The number of para-hydroxylation sites is 3. The smallest absolute Gasteiger partial charge is 0.220 e. The quantitative estimate of drug-likeness (QED) is 0.319. The number of aromatic hydroxyl groups is 1. The zero-order valence-corrected chi connectivity index (χ0v) is 17.8. The maximum Gasteiger partial charge on any atom is 0.220 e. The Morgan fingerprint density at radius 3 is 2.50 bits per heavy atom. The summed E-state index contributed by atoms with van der Waals surface area (Å²) >= 11 is 0. The van der Waals surface area contributed by atoms with Gasteiger partial charge in [-0.15, -0.1) is 0 Å². The lowest BCUT2D eigenvalue weighted by Crippen LogP contribution is -1.94. The first-order chi connectivity index (χ1) is 16.8. The number of phenols is 1. The highest BCUT2D eigenvalue weighted by Crippen LogP contribution is 2.37. The zero-order chi connectivity index (χ0) is 22.6. The first-order valence-corrected chi connectivity index (χ1v) is 10.9. The van der Waals surface area contributed by atoms with Crippen molar-refractivity contribution in [3.05, 3.63) is 97.2 Å². The fourth-order valence-electron chi connectivity index (χ4n) is 4.55. The standard InChI is InChI=1S/C28H17N3O3/c32-23-9-4-3-8-21(23)31-20-7-2-1-6-18(20)19-12-11-17(16-22(19)31)33-26-14-13-25-28(30-26)27-24(34-25)10-5-15-29-27/h1-16,32H. The summed E-state index contributed by atoms with van der Waals surface area (Å²) in [5, 5.41) is 12.8. The maximum atomic E-state index is 10.6. The van der Waals surface area contributed by atoms with Gasteiger partial charge in [-0.25, -0.2) is 4.98 Å². The van der Waals surface area contributed by atoms with E-state index in [1.54, 1.807) is 18.3 Å². The molecular formula is C28H17N3O3. The highest BCUT2D eigenvalue weighted by Gasteiger charge is 2.16. The minimum atomic E-state index is 0.211. The zero-order valence-electron chi connectivity index (χ0n) is 17.8. The van der Waals surface area contributed by atoms with Crippen LogP contribution < -0.4 is 4.74 Å². The number of furan rings is 1. The van der Waals surface area contributed by atoms with Crippen molar-refractivity contribution in [2.45, 2.75) is 0 Å². The van der Waals surface area contributed by atoms with Gasteiger partial charge in [-0.1, -0.05) is 30.3 Å². The normalized spacial score (nSPS) is 11.6. The number of rotatable bonds is 3. The van der Waals surface area contributed by atoms with E-state index in [-0.39, 0.29) is 5.75 Å². The summed E-state index contributed by atoms with van der Waals surface area (Å²) in [6, 6.07) is 28.8. The van der Waals surface area contributed by atoms with Gasteiger partial charge in [-0.2, -0.15) is 0 Å². The number of ether oxygens (including phenoxy) is 1. The lowest BCUT2D eigenvalue weighted by atomic mass is 10.1. The van der Waals surface area contributed by atoms with Gasteiger partial charge in [0.2, 0.25) is 5.88 Å². The van der Waals surface area contributed by atoms with E-state index in [2.05, 4.69) is 26.7 Å². The van der Waals surface area contributed by atoms with Gasteiger partial charge in [0.1, 0.15) is 22.5 Å². The molecule has 0 bridgehead atoms. The van der Waals surface area contributed by atoms with Crippen LogP contribution in [0, 0.1) is 0 Å². The van der Waals surface area contributed by atoms with Crippen molar-refractivity contribution in [3.63, 3.8) is 0 Å². The molecule has 0 amide bonds. The molecule has 0 aliphatic rings. The van der Waals surface area contributed by atoms with E-state index in [0.29, 0.717) is 39.5 Å². The van der Waals surface area contributed by atoms with Crippen LogP contribution in [0.5, 0.6) is 17.4 Å². The summed E-state index contributed by atoms with van der Waals surface area (Å²) in [5.74, 6) is 1.30. The molecule has 0 fully saturated rings. The number of pyridine rings is 2. The molecule has 0 saturated heterocycles. The molecule has 0 saturated carbocycles. The second-order valence-electron chi connectivity index (χ2n) is 8.07. The number of hydrogen-bond acceptors (Lipinski definition) is 5. The first kappa shape index (κ1) is 18.7. The van der Waals surface area contributed by atoms with Crippen molar-refractivity contribution < 1.29 is 14.3 Å². The Labute approximate surface area is 193 Å². The molecule has 4 heterocycles. The van der Waals surface area contributed by atoms with Crippen molar-refractivity contribution in [1.82, 2.24) is 14.5 Å². The number of benzene rings is 3. The minimum Gasteiger partial charge on any atom is -0.506 e. The van der Waals surface area contributed by atoms with Gasteiger partial charge < -0.3 is 18.8 Å². The number of aromatic nitrogens is 3. The van der Waals surface area contributed by atoms with Crippen molar-refractivity contribution >= 4 is 44.0 Å². The van der Waals surface area contributed by atoms with E-state index in [1.807, 2.05) is 66.7 Å². The van der Waals surface area contributed by atoms with E-state index in [1.165, 1.54) is 0 Å². The summed E-state index contributed by atoms with van der Waals surface area (Å²) in [5.41, 5.74) is 5.37. The van der Waals surface area contributed by atoms with Crippen LogP contribution in [0.1, 0.15) is 0 Å². The second kappa shape index (κ2) is 7.08. The molecule has 0 atom stereocenters. The molecule has 162 valence electrons. The SMILES string of the molecule is Oc1ccccc1-n1c2ccccc2c2ccc(Oc3ccc4oc5cccnc5c4n3)cc21. The molecule has 6 heteroatoms. The van der Waals surface area contributed by atoms with Gasteiger partial charge in [0.15, 0.2) is 11.2 Å². The third-order valence-corrected chi connectivity index (χ3v) is 6.04. The first-order valence-electron chi connectivity index (χ1n) is 10.9. The van der Waals surface area contributed by atoms with Crippen molar-refractivity contribution in [3.8, 4) is 23.1 Å². The summed E-state index contributed by atoms with van der Waals surface area (Å²) in [7, 11) is 0. The van der Waals surface area contributed by atoms with Gasteiger partial charge in [0.25, 0.3) is 0 Å². The van der Waals surface area contributed by atoms with Gasteiger partial charge in [0.05, 0.1) is 16.7 Å². The molecule has 3 aromatic carbocycles. The number of fused-ring (bicyclic) bond motifs is 6. The molecule has 6 nitrogen and oxygen atoms in total. The Kier molecular flexibility index (Phi) is 3.90. The summed E-state index contributed by atoms with van der Waals surface area (Å²) < 4.78 is 14.0. The van der Waals surface area contributed by atoms with Gasteiger partial charge >= 0.3 is 0 Å². The third kappa shape index (κ3) is 2.75. The molecule has 0 aliphatic heterocycles. The minimum absolute atomic E-state index is 0.211. The molecule has 0 unspecified atom stereocenters. The second-order valence-corrected chi connectivity index (χ2v) is 8.07. The van der Waals surface area contributed by atoms with E-state index < -0.39 is 0 Å². The lowest BCUT2D eigenvalue weighted by Gasteiger charge is -2.10. The van der Waals surface area contributed by atoms with Crippen LogP contribution in [0.15, 0.2) is 102 Å². The van der Waals surface area contributed by atoms with Crippen molar-refractivity contribution in [2.24, 2.45) is 0 Å². The van der Waals surface area contributed by atoms with E-state index in [9.17, 15) is 5.11 Å². The predicted octanol–water partition coefficient (Wildman–Crippen LogP) is 6.97. The molecule has 0 spiro atoms. The Hall–Kier alpha value is -4.84. The van der Waals surface area contributed by atoms with Crippen LogP contribution in [0.2, 0.25) is 0 Å². The van der Waals surface area contributed by atoms with Crippen LogP contribution in [0.3, 0.4) is 0 Å². The average Bonchev–Trinajstić information content (AvgIpc) is 3.40. The van der Waals surface area contributed by atoms with Crippen LogP contribution in [0.25, 0.3) is 49.7 Å². The Morgan fingerprint density at radius 2 is 1.56 bits per heavy atom. The topological polar surface area (TPSA) is 73.3 Å². The fourth-order valence-corrected chi connectivity index (χ4v) is 4.55. The van der Waals surface area contributed by atoms with Gasteiger partial charge in [-0.05, 0) is 48.5 Å². The number of phenolic OH excluding ortho intramolecular Hbond substituents is 1. The fraction of sp³-hybridized carbons (Fsp3) is 0. The Bertz CT molecular complexity index is 1870. The highest BCUT2D eigenvalue weighted by molar-refractivity contribution is 6.09. The molecule has 1 N–H and O–H groups in total. The van der Waals surface area contributed by atoms with Crippen LogP contribution >= 0.6 is 0 Å². The monoisotopic (exact) mass is 443 g/mol. The number of nitrogens with zero attached hydrogens (tertiary/aromatic N) is 3. The van der Waals surface area contributed by atoms with Crippen molar-refractivity contribution in [2.75, 3.05) is 0 Å².